The fourth-order valence-electron chi connectivity index (χ4n) is 2.43. The molecule has 0 N–H and O–H groups in total. The van der Waals surface area contributed by atoms with E-state index in [1.165, 1.54) is 25.3 Å². The highest BCUT2D eigenvalue weighted by molar-refractivity contribution is 5.86. The predicted molar refractivity (Wildman–Crippen MR) is 64.4 cm³/mol. The van der Waals surface area contributed by atoms with Gasteiger partial charge in [0.05, 0.1) is 5.52 Å². The topological polar surface area (TPSA) is 40.5 Å². The van der Waals surface area contributed by atoms with Crippen LogP contribution in [-0.2, 0) is 17.7 Å². The highest BCUT2D eigenvalue weighted by Crippen LogP contribution is 2.33. The molecule has 18 heavy (non-hydrogen) atoms. The van der Waals surface area contributed by atoms with Gasteiger partial charge in [-0.15, -0.1) is 0 Å². The maximum Gasteiger partial charge on any atom is 0.251 e. The Kier molecular flexibility index (Phi) is 2.56. The average Bonchev–Trinajstić information content (AvgIpc) is 2.80. The van der Waals surface area contributed by atoms with Gasteiger partial charge < -0.3 is 14.0 Å². The van der Waals surface area contributed by atoms with Crippen molar-refractivity contribution in [1.82, 2.24) is 4.57 Å². The summed E-state index contributed by atoms with van der Waals surface area (Å²) in [6, 6.07) is 4.28. The first kappa shape index (κ1) is 11.2. The molecule has 2 aromatic rings. The molecule has 0 aliphatic carbocycles. The zero-order valence-corrected chi connectivity index (χ0v) is 9.90. The summed E-state index contributed by atoms with van der Waals surface area (Å²) in [5.74, 6) is 0.0780. The lowest BCUT2D eigenvalue weighted by Gasteiger charge is -2.10. The fraction of sp³-hybridized carbons (Fsp3) is 0.308. The standard InChI is InChI=1S/C13H12FNO3/c1-17-7-18-11-6-10(14)8-2-3-12(16)15-5-4-9(11)13(8)15/h2-3,6H,4-5,7H2,1H3. The second kappa shape index (κ2) is 4.10. The number of methoxy groups -OCH3 is 1. The van der Waals surface area contributed by atoms with Crippen LogP contribution in [0.1, 0.15) is 5.56 Å². The monoisotopic (exact) mass is 249 g/mol. The molecule has 0 fully saturated rings. The lowest BCUT2D eigenvalue weighted by molar-refractivity contribution is 0.0504. The summed E-state index contributed by atoms with van der Waals surface area (Å²) < 4.78 is 25.7. The van der Waals surface area contributed by atoms with Gasteiger partial charge in [-0.3, -0.25) is 4.79 Å². The van der Waals surface area contributed by atoms with Crippen molar-refractivity contribution in [2.24, 2.45) is 0 Å². The minimum absolute atomic E-state index is 0.0645. The van der Waals surface area contributed by atoms with E-state index >= 15 is 0 Å². The first-order valence-corrected chi connectivity index (χ1v) is 5.69. The first-order chi connectivity index (χ1) is 8.72. The molecule has 2 heterocycles. The van der Waals surface area contributed by atoms with Crippen molar-refractivity contribution < 1.29 is 13.9 Å². The Morgan fingerprint density at radius 3 is 3.06 bits per heavy atom. The van der Waals surface area contributed by atoms with Gasteiger partial charge in [-0.25, -0.2) is 4.39 Å². The lowest BCUT2D eigenvalue weighted by atomic mass is 10.1. The van der Waals surface area contributed by atoms with Gasteiger partial charge in [0.15, 0.2) is 6.79 Å². The van der Waals surface area contributed by atoms with Gasteiger partial charge in [-0.1, -0.05) is 0 Å². The number of aryl methyl sites for hydroxylation is 2. The van der Waals surface area contributed by atoms with Crippen molar-refractivity contribution in [1.29, 1.82) is 0 Å². The maximum absolute atomic E-state index is 14.0. The van der Waals surface area contributed by atoms with E-state index < -0.39 is 0 Å². The van der Waals surface area contributed by atoms with Crippen LogP contribution in [-0.4, -0.2) is 18.5 Å². The van der Waals surface area contributed by atoms with Gasteiger partial charge >= 0.3 is 0 Å². The van der Waals surface area contributed by atoms with Crippen LogP contribution in [0.5, 0.6) is 5.75 Å². The molecular formula is C13H12FNO3. The SMILES string of the molecule is COCOc1cc(F)c2ccc(=O)n3c2c1CC3. The summed E-state index contributed by atoms with van der Waals surface area (Å²) in [5, 5.41) is 0.465. The summed E-state index contributed by atoms with van der Waals surface area (Å²) >= 11 is 0. The van der Waals surface area contributed by atoms with Crippen molar-refractivity contribution in [3.63, 3.8) is 0 Å². The first-order valence-electron chi connectivity index (χ1n) is 5.69. The Bertz CT molecular complexity index is 678. The van der Waals surface area contributed by atoms with Crippen molar-refractivity contribution in [3.8, 4) is 5.75 Å². The number of pyridine rings is 1. The Hall–Kier alpha value is -1.88. The molecule has 0 saturated heterocycles. The lowest BCUT2D eigenvalue weighted by Crippen LogP contribution is -2.16. The molecule has 0 saturated carbocycles. The van der Waals surface area contributed by atoms with Gasteiger partial charge in [0.25, 0.3) is 5.56 Å². The molecule has 5 heteroatoms. The molecule has 0 amide bonds. The normalized spacial score (nSPS) is 13.2. The Balaban J connectivity index is 2.29. The summed E-state index contributed by atoms with van der Waals surface area (Å²) in [5.41, 5.74) is 1.42. The van der Waals surface area contributed by atoms with Gasteiger partial charge in [0.2, 0.25) is 0 Å². The number of nitrogens with zero attached hydrogens (tertiary/aromatic N) is 1. The molecule has 4 nitrogen and oxygen atoms in total. The number of rotatable bonds is 3. The smallest absolute Gasteiger partial charge is 0.251 e. The van der Waals surface area contributed by atoms with E-state index in [0.29, 0.717) is 29.6 Å². The molecule has 1 aliphatic heterocycles. The Labute approximate surface area is 103 Å². The summed E-state index contributed by atoms with van der Waals surface area (Å²) in [6.07, 6.45) is 0.676. The third-order valence-corrected chi connectivity index (χ3v) is 3.20. The number of hydrogen-bond acceptors (Lipinski definition) is 3. The Morgan fingerprint density at radius 2 is 2.28 bits per heavy atom. The van der Waals surface area contributed by atoms with Crippen LogP contribution < -0.4 is 10.3 Å². The van der Waals surface area contributed by atoms with E-state index in [2.05, 4.69) is 0 Å². The number of aromatic nitrogens is 1. The van der Waals surface area contributed by atoms with E-state index in [-0.39, 0.29) is 18.2 Å². The van der Waals surface area contributed by atoms with Crippen LogP contribution >= 0.6 is 0 Å². The molecule has 1 aliphatic rings. The van der Waals surface area contributed by atoms with E-state index in [9.17, 15) is 9.18 Å². The van der Waals surface area contributed by atoms with Crippen molar-refractivity contribution in [2.45, 2.75) is 13.0 Å². The van der Waals surface area contributed by atoms with Crippen molar-refractivity contribution >= 4 is 10.9 Å². The van der Waals surface area contributed by atoms with Crippen LogP contribution in [0.3, 0.4) is 0 Å². The zero-order valence-electron chi connectivity index (χ0n) is 9.90. The van der Waals surface area contributed by atoms with E-state index in [4.69, 9.17) is 9.47 Å². The molecule has 0 atom stereocenters. The average molecular weight is 249 g/mol. The molecule has 0 unspecified atom stereocenters. The molecule has 0 spiro atoms. The van der Waals surface area contributed by atoms with Gasteiger partial charge in [-0.2, -0.15) is 0 Å². The number of hydrogen-bond donors (Lipinski definition) is 0. The van der Waals surface area contributed by atoms with Gasteiger partial charge in [0, 0.05) is 36.7 Å². The molecule has 1 aromatic heterocycles. The van der Waals surface area contributed by atoms with Crippen LogP contribution in [0, 0.1) is 5.82 Å². The molecule has 1 aromatic carbocycles. The number of halogens is 1. The van der Waals surface area contributed by atoms with E-state index in [1.54, 1.807) is 4.57 Å². The zero-order chi connectivity index (χ0) is 12.7. The van der Waals surface area contributed by atoms with Crippen LogP contribution in [0.2, 0.25) is 0 Å². The quantitative estimate of drug-likeness (QED) is 0.777. The Morgan fingerprint density at radius 1 is 1.44 bits per heavy atom. The highest BCUT2D eigenvalue weighted by Gasteiger charge is 2.22. The molecular weight excluding hydrogens is 237 g/mol. The van der Waals surface area contributed by atoms with Crippen molar-refractivity contribution in [2.75, 3.05) is 13.9 Å². The summed E-state index contributed by atoms with van der Waals surface area (Å²) in [4.78, 5) is 11.7. The molecule has 0 bridgehead atoms. The summed E-state index contributed by atoms with van der Waals surface area (Å²) in [7, 11) is 1.51. The second-order valence-electron chi connectivity index (χ2n) is 4.22. The number of benzene rings is 1. The molecule has 94 valence electrons. The van der Waals surface area contributed by atoms with Crippen molar-refractivity contribution in [3.05, 3.63) is 39.9 Å². The van der Waals surface area contributed by atoms with Gasteiger partial charge in [0.1, 0.15) is 11.6 Å². The van der Waals surface area contributed by atoms with Crippen LogP contribution in [0.15, 0.2) is 23.0 Å². The van der Waals surface area contributed by atoms with E-state index in [1.807, 2.05) is 0 Å². The summed E-state index contributed by atoms with van der Waals surface area (Å²) in [6.45, 7) is 0.632. The molecule has 3 rings (SSSR count). The third-order valence-electron chi connectivity index (χ3n) is 3.20. The highest BCUT2D eigenvalue weighted by atomic mass is 19.1. The van der Waals surface area contributed by atoms with Gasteiger partial charge in [-0.05, 0) is 12.5 Å². The van der Waals surface area contributed by atoms with E-state index in [0.717, 1.165) is 5.56 Å². The third kappa shape index (κ3) is 1.51. The van der Waals surface area contributed by atoms with Crippen LogP contribution in [0.4, 0.5) is 4.39 Å². The largest absolute Gasteiger partial charge is 0.467 e. The van der Waals surface area contributed by atoms with Crippen LogP contribution in [0.25, 0.3) is 10.9 Å². The molecule has 0 radical (unpaired) electrons. The predicted octanol–water partition coefficient (Wildman–Crippen LogP) is 1.68. The minimum atomic E-state index is -0.379. The second-order valence-corrected chi connectivity index (χ2v) is 4.22. The fourth-order valence-corrected chi connectivity index (χ4v) is 2.43. The number of ether oxygens (including phenoxy) is 2. The minimum Gasteiger partial charge on any atom is -0.467 e. The maximum atomic E-state index is 14.0.